The predicted molar refractivity (Wildman–Crippen MR) is 258 cm³/mol. The van der Waals surface area contributed by atoms with Crippen molar-refractivity contribution in [2.75, 3.05) is 13.2 Å². The zero-order chi connectivity index (χ0) is 45.1. The Morgan fingerprint density at radius 3 is 1.35 bits per heavy atom. The van der Waals surface area contributed by atoms with Crippen LogP contribution in [-0.4, -0.2) is 87.5 Å². The molecule has 1 amide bonds. The number of aliphatic hydroxyl groups excluding tert-OH is 5. The zero-order valence-corrected chi connectivity index (χ0v) is 40.1. The van der Waals surface area contributed by atoms with Gasteiger partial charge in [0.25, 0.3) is 0 Å². The summed E-state index contributed by atoms with van der Waals surface area (Å²) in [7, 11) is 0. The Labute approximate surface area is 381 Å². The van der Waals surface area contributed by atoms with Crippen molar-refractivity contribution in [1.29, 1.82) is 0 Å². The molecule has 7 atom stereocenters. The van der Waals surface area contributed by atoms with E-state index in [9.17, 15) is 30.3 Å². The van der Waals surface area contributed by atoms with E-state index in [1.807, 2.05) is 6.08 Å². The van der Waals surface area contributed by atoms with Gasteiger partial charge in [-0.3, -0.25) is 4.79 Å². The Hall–Kier alpha value is -1.59. The van der Waals surface area contributed by atoms with Crippen LogP contribution in [0, 0.1) is 0 Å². The van der Waals surface area contributed by atoms with Crippen LogP contribution in [0.25, 0.3) is 0 Å². The number of hydrogen-bond acceptors (Lipinski definition) is 8. The second kappa shape index (κ2) is 43.3. The van der Waals surface area contributed by atoms with E-state index in [1.54, 1.807) is 6.08 Å². The molecule has 0 aromatic heterocycles. The van der Waals surface area contributed by atoms with Crippen LogP contribution in [0.1, 0.15) is 239 Å². The molecule has 9 heteroatoms. The summed E-state index contributed by atoms with van der Waals surface area (Å²) in [6, 6.07) is -0.824. The number of carbonyl (C=O) groups is 1. The van der Waals surface area contributed by atoms with Gasteiger partial charge in [-0.05, 0) is 44.9 Å². The third kappa shape index (κ3) is 33.0. The van der Waals surface area contributed by atoms with Gasteiger partial charge in [-0.25, -0.2) is 0 Å². The van der Waals surface area contributed by atoms with E-state index < -0.39 is 49.5 Å². The van der Waals surface area contributed by atoms with Gasteiger partial charge >= 0.3 is 0 Å². The maximum atomic E-state index is 12.9. The Bertz CT molecular complexity index is 1070. The van der Waals surface area contributed by atoms with Crippen molar-refractivity contribution in [3.63, 3.8) is 0 Å². The highest BCUT2D eigenvalue weighted by Gasteiger charge is 2.44. The van der Waals surface area contributed by atoms with Gasteiger partial charge in [-0.15, -0.1) is 0 Å². The SMILES string of the molecule is CCCCCCCCCCCCCCCCCCCC/C=C/CC/C=C/CC/C=C/C(O)C(COC1OC(CO)C(O)C(O)C1O)NC(=O)CCCCCCCCCCCCC. The van der Waals surface area contributed by atoms with E-state index in [1.165, 1.54) is 173 Å². The first kappa shape index (κ1) is 58.4. The van der Waals surface area contributed by atoms with Crippen LogP contribution in [0.4, 0.5) is 0 Å². The molecule has 0 saturated carbocycles. The third-order valence-electron chi connectivity index (χ3n) is 12.4. The van der Waals surface area contributed by atoms with Gasteiger partial charge in [0.1, 0.15) is 24.4 Å². The minimum Gasteiger partial charge on any atom is -0.394 e. The number of ether oxygens (including phenoxy) is 2. The number of allylic oxidation sites excluding steroid dienone is 5. The molecule has 0 aromatic rings. The molecular formula is C53H99NO8. The van der Waals surface area contributed by atoms with Gasteiger partial charge in [0, 0.05) is 6.42 Å². The Morgan fingerprint density at radius 1 is 0.532 bits per heavy atom. The number of rotatable bonds is 44. The number of aliphatic hydroxyl groups is 5. The van der Waals surface area contributed by atoms with Crippen molar-refractivity contribution in [2.24, 2.45) is 0 Å². The number of amides is 1. The smallest absolute Gasteiger partial charge is 0.220 e. The zero-order valence-electron chi connectivity index (χ0n) is 40.1. The Balaban J connectivity index is 2.24. The lowest BCUT2D eigenvalue weighted by Gasteiger charge is -2.40. The van der Waals surface area contributed by atoms with Gasteiger partial charge in [0.15, 0.2) is 6.29 Å². The highest BCUT2D eigenvalue weighted by Crippen LogP contribution is 2.23. The van der Waals surface area contributed by atoms with Crippen LogP contribution in [-0.2, 0) is 14.3 Å². The number of hydrogen-bond donors (Lipinski definition) is 6. The molecule has 1 saturated heterocycles. The number of carbonyl (C=O) groups excluding carboxylic acids is 1. The maximum absolute atomic E-state index is 12.9. The second-order valence-electron chi connectivity index (χ2n) is 18.3. The molecule has 1 heterocycles. The summed E-state index contributed by atoms with van der Waals surface area (Å²) in [5.74, 6) is -0.192. The van der Waals surface area contributed by atoms with Crippen LogP contribution in [0.2, 0.25) is 0 Å². The number of nitrogens with one attached hydrogen (secondary N) is 1. The molecule has 0 spiro atoms. The topological polar surface area (TPSA) is 149 Å². The molecule has 1 aliphatic heterocycles. The van der Waals surface area contributed by atoms with Gasteiger partial charge < -0.3 is 40.3 Å². The summed E-state index contributed by atoms with van der Waals surface area (Å²) in [4.78, 5) is 12.9. The maximum Gasteiger partial charge on any atom is 0.220 e. The first-order valence-corrected chi connectivity index (χ1v) is 26.2. The lowest BCUT2D eigenvalue weighted by atomic mass is 9.99. The van der Waals surface area contributed by atoms with Crippen molar-refractivity contribution in [3.05, 3.63) is 36.5 Å². The molecule has 1 aliphatic rings. The summed E-state index contributed by atoms with van der Waals surface area (Å²) < 4.78 is 11.2. The first-order valence-electron chi connectivity index (χ1n) is 26.2. The molecule has 9 nitrogen and oxygen atoms in total. The van der Waals surface area contributed by atoms with E-state index in [0.29, 0.717) is 6.42 Å². The normalized spacial score (nSPS) is 20.5. The fourth-order valence-corrected chi connectivity index (χ4v) is 8.25. The van der Waals surface area contributed by atoms with Crippen LogP contribution in [0.5, 0.6) is 0 Å². The largest absolute Gasteiger partial charge is 0.394 e. The summed E-state index contributed by atoms with van der Waals surface area (Å²) in [6.07, 6.45) is 47.9. The van der Waals surface area contributed by atoms with E-state index >= 15 is 0 Å². The fraction of sp³-hybridized carbons (Fsp3) is 0.868. The lowest BCUT2D eigenvalue weighted by molar-refractivity contribution is -0.302. The monoisotopic (exact) mass is 878 g/mol. The molecule has 7 unspecified atom stereocenters. The molecule has 0 aliphatic carbocycles. The van der Waals surface area contributed by atoms with E-state index in [2.05, 4.69) is 43.5 Å². The van der Waals surface area contributed by atoms with Crippen molar-refractivity contribution < 1.29 is 39.8 Å². The lowest BCUT2D eigenvalue weighted by Crippen LogP contribution is -2.60. The quantitative estimate of drug-likeness (QED) is 0.0262. The van der Waals surface area contributed by atoms with Gasteiger partial charge in [-0.1, -0.05) is 224 Å². The standard InChI is InChI=1S/C53H99NO8/c1-3-5-7-9-11-13-15-16-17-18-19-20-21-22-23-24-25-26-27-28-29-30-31-33-34-36-38-40-42-47(56)46(45-61-53-52(60)51(59)50(58)48(44-55)62-53)54-49(57)43-41-39-37-35-32-14-12-10-8-6-4-2/h28-29,33-34,40,42,46-48,50-53,55-56,58-60H,3-27,30-32,35-39,41,43-45H2,1-2H3,(H,54,57)/b29-28+,34-33+,42-40+. The molecule has 0 bridgehead atoms. The predicted octanol–water partition coefficient (Wildman–Crippen LogP) is 12.0. The molecule has 62 heavy (non-hydrogen) atoms. The molecule has 1 fully saturated rings. The van der Waals surface area contributed by atoms with E-state index in [0.717, 1.165) is 44.9 Å². The number of unbranched alkanes of at least 4 members (excludes halogenated alkanes) is 30. The highest BCUT2D eigenvalue weighted by molar-refractivity contribution is 5.76. The fourth-order valence-electron chi connectivity index (χ4n) is 8.25. The molecule has 0 radical (unpaired) electrons. The van der Waals surface area contributed by atoms with Crippen molar-refractivity contribution in [2.45, 2.75) is 281 Å². The summed E-state index contributed by atoms with van der Waals surface area (Å²) >= 11 is 0. The van der Waals surface area contributed by atoms with E-state index in [4.69, 9.17) is 9.47 Å². The summed E-state index contributed by atoms with van der Waals surface area (Å²) in [5.41, 5.74) is 0. The second-order valence-corrected chi connectivity index (χ2v) is 18.3. The molecule has 0 aromatic carbocycles. The van der Waals surface area contributed by atoms with Crippen molar-refractivity contribution >= 4 is 5.91 Å². The van der Waals surface area contributed by atoms with Gasteiger partial charge in [0.05, 0.1) is 25.4 Å². The average molecular weight is 878 g/mol. The minimum atomic E-state index is -1.57. The molecular weight excluding hydrogens is 779 g/mol. The van der Waals surface area contributed by atoms with Crippen LogP contribution >= 0.6 is 0 Å². The highest BCUT2D eigenvalue weighted by atomic mass is 16.7. The third-order valence-corrected chi connectivity index (χ3v) is 12.4. The van der Waals surface area contributed by atoms with Gasteiger partial charge in [-0.2, -0.15) is 0 Å². The molecule has 1 rings (SSSR count). The molecule has 364 valence electrons. The van der Waals surface area contributed by atoms with Crippen molar-refractivity contribution in [3.8, 4) is 0 Å². The van der Waals surface area contributed by atoms with E-state index in [-0.39, 0.29) is 12.5 Å². The van der Waals surface area contributed by atoms with Crippen LogP contribution < -0.4 is 5.32 Å². The van der Waals surface area contributed by atoms with Crippen molar-refractivity contribution in [1.82, 2.24) is 5.32 Å². The minimum absolute atomic E-state index is 0.192. The first-order chi connectivity index (χ1) is 30.3. The molecule has 6 N–H and O–H groups in total. The van der Waals surface area contributed by atoms with Crippen LogP contribution in [0.3, 0.4) is 0 Å². The van der Waals surface area contributed by atoms with Gasteiger partial charge in [0.2, 0.25) is 5.91 Å². The van der Waals surface area contributed by atoms with Crippen LogP contribution in [0.15, 0.2) is 36.5 Å². The Morgan fingerprint density at radius 2 is 0.919 bits per heavy atom. The summed E-state index contributed by atoms with van der Waals surface area (Å²) in [6.45, 7) is 3.75. The summed E-state index contributed by atoms with van der Waals surface area (Å²) in [5, 5.41) is 54.2. The average Bonchev–Trinajstić information content (AvgIpc) is 3.27. The Kier molecular flexibility index (Phi) is 40.8.